The Labute approximate surface area is 136 Å². The van der Waals surface area contributed by atoms with E-state index in [0.717, 1.165) is 19.3 Å². The summed E-state index contributed by atoms with van der Waals surface area (Å²) in [6, 6.07) is 15.3. The molecule has 23 heavy (non-hydrogen) atoms. The topological polar surface area (TPSA) is 20.3 Å². The molecule has 3 rings (SSSR count). The standard InChI is InChI=1S/C20H22FNO/c1-15-5-4-6-16(13-15)9-12-20(23)22(18-10-11-18)14-17-7-2-3-8-19(17)21/h2-8,13,18H,9-12,14H2,1H3. The van der Waals surface area contributed by atoms with Crippen molar-refractivity contribution in [2.24, 2.45) is 0 Å². The lowest BCUT2D eigenvalue weighted by Gasteiger charge is -2.23. The molecule has 1 amide bonds. The lowest BCUT2D eigenvalue weighted by molar-refractivity contribution is -0.132. The van der Waals surface area contributed by atoms with E-state index in [-0.39, 0.29) is 11.7 Å². The van der Waals surface area contributed by atoms with Crippen molar-refractivity contribution >= 4 is 5.91 Å². The van der Waals surface area contributed by atoms with E-state index in [1.165, 1.54) is 17.2 Å². The van der Waals surface area contributed by atoms with Gasteiger partial charge in [0.2, 0.25) is 5.91 Å². The highest BCUT2D eigenvalue weighted by molar-refractivity contribution is 5.77. The fraction of sp³-hybridized carbons (Fsp3) is 0.350. The van der Waals surface area contributed by atoms with Crippen molar-refractivity contribution < 1.29 is 9.18 Å². The lowest BCUT2D eigenvalue weighted by Crippen LogP contribution is -2.33. The Morgan fingerprint density at radius 3 is 2.65 bits per heavy atom. The van der Waals surface area contributed by atoms with Crippen molar-refractivity contribution in [3.8, 4) is 0 Å². The maximum Gasteiger partial charge on any atom is 0.223 e. The van der Waals surface area contributed by atoms with Gasteiger partial charge in [-0.25, -0.2) is 4.39 Å². The van der Waals surface area contributed by atoms with Crippen LogP contribution in [0.5, 0.6) is 0 Å². The third kappa shape index (κ3) is 4.19. The number of carbonyl (C=O) groups is 1. The highest BCUT2D eigenvalue weighted by Gasteiger charge is 2.32. The Morgan fingerprint density at radius 2 is 1.96 bits per heavy atom. The summed E-state index contributed by atoms with van der Waals surface area (Å²) in [7, 11) is 0. The predicted octanol–water partition coefficient (Wildman–Crippen LogP) is 4.26. The predicted molar refractivity (Wildman–Crippen MR) is 89.5 cm³/mol. The van der Waals surface area contributed by atoms with Crippen LogP contribution in [-0.4, -0.2) is 16.8 Å². The first-order valence-corrected chi connectivity index (χ1v) is 8.22. The van der Waals surface area contributed by atoms with Crippen LogP contribution in [0.2, 0.25) is 0 Å². The normalized spacial score (nSPS) is 13.8. The number of amides is 1. The summed E-state index contributed by atoms with van der Waals surface area (Å²) in [5, 5.41) is 0. The molecule has 0 radical (unpaired) electrons. The fourth-order valence-corrected chi connectivity index (χ4v) is 2.88. The quantitative estimate of drug-likeness (QED) is 0.780. The molecule has 3 heteroatoms. The molecule has 1 aliphatic carbocycles. The van der Waals surface area contributed by atoms with Crippen molar-refractivity contribution in [2.75, 3.05) is 0 Å². The molecule has 2 aromatic carbocycles. The van der Waals surface area contributed by atoms with Gasteiger partial charge in [-0.2, -0.15) is 0 Å². The number of rotatable bonds is 6. The Hall–Kier alpha value is -2.16. The Balaban J connectivity index is 1.64. The molecule has 0 bridgehead atoms. The molecule has 0 saturated heterocycles. The highest BCUT2D eigenvalue weighted by atomic mass is 19.1. The monoisotopic (exact) mass is 311 g/mol. The first-order valence-electron chi connectivity index (χ1n) is 8.22. The van der Waals surface area contributed by atoms with Crippen molar-refractivity contribution in [1.82, 2.24) is 4.90 Å². The summed E-state index contributed by atoms with van der Waals surface area (Å²) in [4.78, 5) is 14.5. The van der Waals surface area contributed by atoms with Crippen LogP contribution in [0.1, 0.15) is 36.0 Å². The molecule has 1 fully saturated rings. The van der Waals surface area contributed by atoms with Gasteiger partial charge in [-0.05, 0) is 37.8 Å². The summed E-state index contributed by atoms with van der Waals surface area (Å²) in [5.74, 6) is -0.109. The van der Waals surface area contributed by atoms with Crippen LogP contribution in [0.4, 0.5) is 4.39 Å². The Bertz CT molecular complexity index is 694. The third-order valence-electron chi connectivity index (χ3n) is 4.32. The zero-order valence-corrected chi connectivity index (χ0v) is 13.5. The second-order valence-corrected chi connectivity index (χ2v) is 6.33. The van der Waals surface area contributed by atoms with Gasteiger partial charge in [-0.1, -0.05) is 48.0 Å². The van der Waals surface area contributed by atoms with E-state index in [0.29, 0.717) is 24.6 Å². The van der Waals surface area contributed by atoms with Gasteiger partial charge >= 0.3 is 0 Å². The second-order valence-electron chi connectivity index (χ2n) is 6.33. The first kappa shape index (κ1) is 15.7. The first-order chi connectivity index (χ1) is 11.1. The van der Waals surface area contributed by atoms with Crippen molar-refractivity contribution in [2.45, 2.75) is 45.2 Å². The van der Waals surface area contributed by atoms with Crippen LogP contribution < -0.4 is 0 Å². The zero-order valence-electron chi connectivity index (χ0n) is 13.5. The molecule has 2 aromatic rings. The molecular formula is C20H22FNO. The Kier molecular flexibility index (Phi) is 4.75. The number of hydrogen-bond acceptors (Lipinski definition) is 1. The van der Waals surface area contributed by atoms with Crippen LogP contribution in [0.3, 0.4) is 0 Å². The minimum atomic E-state index is -0.232. The van der Waals surface area contributed by atoms with Crippen molar-refractivity contribution in [1.29, 1.82) is 0 Å². The molecule has 0 aromatic heterocycles. The van der Waals surface area contributed by atoms with Gasteiger partial charge in [0.1, 0.15) is 5.82 Å². The number of benzene rings is 2. The maximum absolute atomic E-state index is 13.9. The van der Waals surface area contributed by atoms with E-state index < -0.39 is 0 Å². The highest BCUT2D eigenvalue weighted by Crippen LogP contribution is 2.29. The molecule has 0 N–H and O–H groups in total. The van der Waals surface area contributed by atoms with E-state index in [4.69, 9.17) is 0 Å². The minimum Gasteiger partial charge on any atom is -0.335 e. The van der Waals surface area contributed by atoms with E-state index in [9.17, 15) is 9.18 Å². The fourth-order valence-electron chi connectivity index (χ4n) is 2.88. The van der Waals surface area contributed by atoms with Gasteiger partial charge in [0.25, 0.3) is 0 Å². The SMILES string of the molecule is Cc1cccc(CCC(=O)N(Cc2ccccc2F)C2CC2)c1. The van der Waals surface area contributed by atoms with Crippen LogP contribution in [0.15, 0.2) is 48.5 Å². The summed E-state index contributed by atoms with van der Waals surface area (Å²) < 4.78 is 13.9. The summed E-state index contributed by atoms with van der Waals surface area (Å²) in [6.45, 7) is 2.43. The molecule has 0 spiro atoms. The number of hydrogen-bond donors (Lipinski definition) is 0. The molecule has 0 aliphatic heterocycles. The molecular weight excluding hydrogens is 289 g/mol. The van der Waals surface area contributed by atoms with Gasteiger partial charge in [0.15, 0.2) is 0 Å². The summed E-state index contributed by atoms with van der Waals surface area (Å²) in [6.07, 6.45) is 3.28. The van der Waals surface area contributed by atoms with Crippen molar-refractivity contribution in [3.05, 3.63) is 71.0 Å². The minimum absolute atomic E-state index is 0.122. The lowest BCUT2D eigenvalue weighted by atomic mass is 10.1. The third-order valence-corrected chi connectivity index (χ3v) is 4.32. The average molecular weight is 311 g/mol. The van der Waals surface area contributed by atoms with E-state index in [2.05, 4.69) is 25.1 Å². The second kappa shape index (κ2) is 6.95. The van der Waals surface area contributed by atoms with Crippen LogP contribution in [-0.2, 0) is 17.8 Å². The molecule has 1 aliphatic rings. The van der Waals surface area contributed by atoms with E-state index >= 15 is 0 Å². The molecule has 0 unspecified atom stereocenters. The molecule has 2 nitrogen and oxygen atoms in total. The largest absolute Gasteiger partial charge is 0.335 e. The van der Waals surface area contributed by atoms with Crippen LogP contribution in [0.25, 0.3) is 0 Å². The molecule has 0 atom stereocenters. The van der Waals surface area contributed by atoms with Gasteiger partial charge in [-0.3, -0.25) is 4.79 Å². The molecule has 120 valence electrons. The number of halogens is 1. The van der Waals surface area contributed by atoms with Crippen LogP contribution >= 0.6 is 0 Å². The number of nitrogens with zero attached hydrogens (tertiary/aromatic N) is 1. The Morgan fingerprint density at radius 1 is 1.17 bits per heavy atom. The summed E-state index contributed by atoms with van der Waals surface area (Å²) in [5.41, 5.74) is 2.99. The smallest absolute Gasteiger partial charge is 0.223 e. The number of carbonyl (C=O) groups excluding carboxylic acids is 1. The van der Waals surface area contributed by atoms with Crippen molar-refractivity contribution in [3.63, 3.8) is 0 Å². The molecule has 0 heterocycles. The van der Waals surface area contributed by atoms with Gasteiger partial charge < -0.3 is 4.90 Å². The van der Waals surface area contributed by atoms with Gasteiger partial charge in [-0.15, -0.1) is 0 Å². The maximum atomic E-state index is 13.9. The van der Waals surface area contributed by atoms with E-state index in [1.54, 1.807) is 12.1 Å². The number of aryl methyl sites for hydroxylation is 2. The summed E-state index contributed by atoms with van der Waals surface area (Å²) >= 11 is 0. The average Bonchev–Trinajstić information content (AvgIpc) is 3.37. The zero-order chi connectivity index (χ0) is 16.2. The van der Waals surface area contributed by atoms with Gasteiger partial charge in [0.05, 0.1) is 0 Å². The van der Waals surface area contributed by atoms with Crippen LogP contribution in [0, 0.1) is 12.7 Å². The van der Waals surface area contributed by atoms with Gasteiger partial charge in [0, 0.05) is 24.6 Å². The molecule has 1 saturated carbocycles. The van der Waals surface area contributed by atoms with E-state index in [1.807, 2.05) is 17.0 Å².